The van der Waals surface area contributed by atoms with E-state index in [4.69, 9.17) is 10.6 Å². The zero-order valence-electron chi connectivity index (χ0n) is 14.7. The second-order valence-corrected chi connectivity index (χ2v) is 4.85. The van der Waals surface area contributed by atoms with E-state index in [9.17, 15) is 4.79 Å². The fraction of sp³-hybridized carbons (Fsp3) is 0.562. The van der Waals surface area contributed by atoms with Gasteiger partial charge < -0.3 is 5.73 Å². The van der Waals surface area contributed by atoms with Crippen molar-refractivity contribution in [2.45, 2.75) is 40.5 Å². The first-order valence-electron chi connectivity index (χ1n) is 8.07. The summed E-state index contributed by atoms with van der Waals surface area (Å²) in [5, 5.41) is 5.68. The van der Waals surface area contributed by atoms with Crippen LogP contribution in [0.2, 0.25) is 0 Å². The number of amides is 1. The summed E-state index contributed by atoms with van der Waals surface area (Å²) >= 11 is 0. The van der Waals surface area contributed by atoms with Gasteiger partial charge in [0.05, 0.1) is 12.8 Å². The Morgan fingerprint density at radius 3 is 2.74 bits per heavy atom. The second kappa shape index (κ2) is 9.09. The van der Waals surface area contributed by atoms with E-state index in [1.165, 1.54) is 5.06 Å². The number of hydrogen-bond donors (Lipinski definition) is 1. The number of hydroxylamine groups is 2. The lowest BCUT2D eigenvalue weighted by molar-refractivity contribution is -0.180. The molecule has 0 saturated heterocycles. The molecule has 23 heavy (non-hydrogen) atoms. The van der Waals surface area contributed by atoms with Crippen molar-refractivity contribution in [2.24, 2.45) is 17.8 Å². The van der Waals surface area contributed by atoms with Crippen molar-refractivity contribution in [3.8, 4) is 0 Å². The SMILES string of the molecule is CC.CCCN(OCC)C(=O)C1=Cc2nn(C)cc2N=C(N)C1. The number of fused-ring (bicyclic) bond motifs is 1. The van der Waals surface area contributed by atoms with Gasteiger partial charge in [0.1, 0.15) is 17.2 Å². The van der Waals surface area contributed by atoms with Crippen LogP contribution in [-0.4, -0.2) is 39.7 Å². The molecule has 0 radical (unpaired) electrons. The Morgan fingerprint density at radius 1 is 1.43 bits per heavy atom. The third-order valence-corrected chi connectivity index (χ3v) is 3.00. The molecule has 0 atom stereocenters. The van der Waals surface area contributed by atoms with Crippen LogP contribution < -0.4 is 5.73 Å². The maximum absolute atomic E-state index is 12.6. The van der Waals surface area contributed by atoms with Gasteiger partial charge in [0, 0.05) is 25.6 Å². The summed E-state index contributed by atoms with van der Waals surface area (Å²) in [4.78, 5) is 22.3. The molecule has 2 heterocycles. The number of aromatic nitrogens is 2. The van der Waals surface area contributed by atoms with Gasteiger partial charge >= 0.3 is 0 Å². The molecule has 7 nitrogen and oxygen atoms in total. The quantitative estimate of drug-likeness (QED) is 0.844. The first-order chi connectivity index (χ1) is 11.0. The minimum Gasteiger partial charge on any atom is -0.387 e. The van der Waals surface area contributed by atoms with E-state index in [2.05, 4.69) is 10.1 Å². The van der Waals surface area contributed by atoms with Gasteiger partial charge in [0.15, 0.2) is 0 Å². The fourth-order valence-electron chi connectivity index (χ4n) is 2.17. The lowest BCUT2D eigenvalue weighted by atomic mass is 10.1. The molecule has 1 aromatic rings. The minimum atomic E-state index is -0.185. The number of carbonyl (C=O) groups is 1. The Kier molecular flexibility index (Phi) is 7.47. The highest BCUT2D eigenvalue weighted by atomic mass is 16.7. The molecule has 0 spiro atoms. The Bertz CT molecular complexity index is 583. The van der Waals surface area contributed by atoms with Gasteiger partial charge in [-0.05, 0) is 19.4 Å². The number of hydrogen-bond acceptors (Lipinski definition) is 5. The summed E-state index contributed by atoms with van der Waals surface area (Å²) in [5.41, 5.74) is 7.76. The molecule has 0 aliphatic carbocycles. The van der Waals surface area contributed by atoms with Crippen LogP contribution in [0.5, 0.6) is 0 Å². The summed E-state index contributed by atoms with van der Waals surface area (Å²) in [6.07, 6.45) is 4.63. The first kappa shape index (κ1) is 18.9. The van der Waals surface area contributed by atoms with Gasteiger partial charge in [0.2, 0.25) is 0 Å². The lowest BCUT2D eigenvalue weighted by Crippen LogP contribution is -2.34. The molecule has 2 N–H and O–H groups in total. The lowest BCUT2D eigenvalue weighted by Gasteiger charge is -2.21. The normalized spacial score (nSPS) is 13.1. The molecular weight excluding hydrogens is 294 g/mol. The highest BCUT2D eigenvalue weighted by Crippen LogP contribution is 2.25. The van der Waals surface area contributed by atoms with Gasteiger partial charge in [-0.3, -0.25) is 14.3 Å². The Balaban J connectivity index is 0.00000127. The topological polar surface area (TPSA) is 85.7 Å². The Labute approximate surface area is 137 Å². The van der Waals surface area contributed by atoms with E-state index < -0.39 is 0 Å². The average Bonchev–Trinajstić information content (AvgIpc) is 2.78. The molecular formula is C16H27N5O2. The van der Waals surface area contributed by atoms with Crippen LogP contribution >= 0.6 is 0 Å². The number of aliphatic imine (C=N–C) groups is 1. The maximum Gasteiger partial charge on any atom is 0.273 e. The second-order valence-electron chi connectivity index (χ2n) is 4.85. The van der Waals surface area contributed by atoms with Crippen molar-refractivity contribution >= 4 is 23.5 Å². The fourth-order valence-corrected chi connectivity index (χ4v) is 2.17. The van der Waals surface area contributed by atoms with Crippen molar-refractivity contribution in [2.75, 3.05) is 13.2 Å². The number of nitrogens with two attached hydrogens (primary N) is 1. The Hall–Kier alpha value is -2.15. The van der Waals surface area contributed by atoms with Crippen molar-refractivity contribution < 1.29 is 9.63 Å². The molecule has 128 valence electrons. The van der Waals surface area contributed by atoms with E-state index in [0.717, 1.165) is 6.42 Å². The number of nitrogens with zero attached hydrogens (tertiary/aromatic N) is 4. The molecule has 1 amide bonds. The van der Waals surface area contributed by atoms with Crippen LogP contribution in [0.4, 0.5) is 5.69 Å². The van der Waals surface area contributed by atoms with E-state index >= 15 is 0 Å². The minimum absolute atomic E-state index is 0.185. The van der Waals surface area contributed by atoms with Crippen molar-refractivity contribution in [3.63, 3.8) is 0 Å². The molecule has 0 fully saturated rings. The van der Waals surface area contributed by atoms with Crippen LogP contribution in [0.3, 0.4) is 0 Å². The Morgan fingerprint density at radius 2 is 2.13 bits per heavy atom. The summed E-state index contributed by atoms with van der Waals surface area (Å²) in [6, 6.07) is 0. The third kappa shape index (κ3) is 4.92. The number of amidine groups is 1. The van der Waals surface area contributed by atoms with Crippen LogP contribution in [0.25, 0.3) is 6.08 Å². The van der Waals surface area contributed by atoms with Crippen molar-refractivity contribution in [3.05, 3.63) is 17.5 Å². The predicted molar refractivity (Wildman–Crippen MR) is 92.1 cm³/mol. The first-order valence-corrected chi connectivity index (χ1v) is 8.07. The zero-order valence-corrected chi connectivity index (χ0v) is 14.7. The van der Waals surface area contributed by atoms with Gasteiger partial charge in [-0.1, -0.05) is 20.8 Å². The molecule has 0 aromatic carbocycles. The molecule has 2 rings (SSSR count). The van der Waals surface area contributed by atoms with E-state index in [1.807, 2.05) is 27.7 Å². The van der Waals surface area contributed by atoms with Gasteiger partial charge in [-0.2, -0.15) is 5.10 Å². The smallest absolute Gasteiger partial charge is 0.273 e. The monoisotopic (exact) mass is 321 g/mol. The molecule has 1 aliphatic rings. The number of rotatable bonds is 5. The number of carbonyl (C=O) groups excluding carboxylic acids is 1. The van der Waals surface area contributed by atoms with E-state index in [1.54, 1.807) is 24.0 Å². The zero-order chi connectivity index (χ0) is 17.4. The van der Waals surface area contributed by atoms with Crippen molar-refractivity contribution in [1.82, 2.24) is 14.8 Å². The van der Waals surface area contributed by atoms with Gasteiger partial charge in [-0.15, -0.1) is 0 Å². The van der Waals surface area contributed by atoms with Gasteiger partial charge in [0.25, 0.3) is 5.91 Å². The van der Waals surface area contributed by atoms with Crippen LogP contribution in [0.1, 0.15) is 46.2 Å². The highest BCUT2D eigenvalue weighted by molar-refractivity contribution is 6.04. The van der Waals surface area contributed by atoms with Crippen LogP contribution in [-0.2, 0) is 16.7 Å². The predicted octanol–water partition coefficient (Wildman–Crippen LogP) is 2.41. The summed E-state index contributed by atoms with van der Waals surface area (Å²) in [5.74, 6) is 0.213. The summed E-state index contributed by atoms with van der Waals surface area (Å²) in [6.45, 7) is 8.82. The molecule has 0 bridgehead atoms. The maximum atomic E-state index is 12.6. The van der Waals surface area contributed by atoms with E-state index in [-0.39, 0.29) is 5.91 Å². The highest BCUT2D eigenvalue weighted by Gasteiger charge is 2.22. The molecule has 0 saturated carbocycles. The van der Waals surface area contributed by atoms with Crippen LogP contribution in [0, 0.1) is 0 Å². The largest absolute Gasteiger partial charge is 0.387 e. The third-order valence-electron chi connectivity index (χ3n) is 3.00. The summed E-state index contributed by atoms with van der Waals surface area (Å²) in [7, 11) is 1.80. The standard InChI is InChI=1S/C14H21N5O2.C2H6/c1-4-6-19(21-5-2)14(20)10-7-11-12(9-18(3)17-11)16-13(15)8-10;1-2/h7,9H,4-6,8H2,1-3H3,(H2,15,16);1-2H3. The molecule has 7 heteroatoms. The number of aryl methyl sites for hydroxylation is 1. The van der Waals surface area contributed by atoms with E-state index in [0.29, 0.717) is 42.4 Å². The average molecular weight is 321 g/mol. The molecule has 0 unspecified atom stereocenters. The molecule has 1 aromatic heterocycles. The van der Waals surface area contributed by atoms with Crippen molar-refractivity contribution in [1.29, 1.82) is 0 Å². The molecule has 1 aliphatic heterocycles. The summed E-state index contributed by atoms with van der Waals surface area (Å²) < 4.78 is 1.65. The van der Waals surface area contributed by atoms with Gasteiger partial charge in [-0.25, -0.2) is 10.1 Å². The van der Waals surface area contributed by atoms with Crippen LogP contribution in [0.15, 0.2) is 16.8 Å².